The Bertz CT molecular complexity index is 2090. The summed E-state index contributed by atoms with van der Waals surface area (Å²) in [6.45, 7) is 0. The summed E-state index contributed by atoms with van der Waals surface area (Å²) >= 11 is 0. The predicted octanol–water partition coefficient (Wildman–Crippen LogP) is 9.97. The van der Waals surface area contributed by atoms with Gasteiger partial charge in [0.25, 0.3) is 0 Å². The Hall–Kier alpha value is -4.82. The number of rotatable bonds is 2. The van der Waals surface area contributed by atoms with Gasteiger partial charge in [-0.1, -0.05) is 103 Å². The van der Waals surface area contributed by atoms with Gasteiger partial charge < -0.3 is 8.83 Å². The zero-order chi connectivity index (χ0) is 23.6. The average Bonchev–Trinajstić information content (AvgIpc) is 3.52. The highest BCUT2D eigenvalue weighted by Gasteiger charge is 2.15. The van der Waals surface area contributed by atoms with Crippen molar-refractivity contribution in [2.45, 2.75) is 0 Å². The first-order valence-electron chi connectivity index (χ1n) is 12.2. The zero-order valence-corrected chi connectivity index (χ0v) is 19.4. The van der Waals surface area contributed by atoms with Gasteiger partial charge in [0.05, 0.1) is 0 Å². The van der Waals surface area contributed by atoms with E-state index in [2.05, 4.69) is 109 Å². The predicted molar refractivity (Wildman–Crippen MR) is 149 cm³/mol. The molecule has 0 N–H and O–H groups in total. The van der Waals surface area contributed by atoms with Crippen LogP contribution in [0.4, 0.5) is 0 Å². The normalized spacial score (nSPS) is 11.9. The van der Waals surface area contributed by atoms with Crippen molar-refractivity contribution in [2.75, 3.05) is 0 Å². The first-order valence-corrected chi connectivity index (χ1v) is 12.2. The van der Waals surface area contributed by atoms with Crippen molar-refractivity contribution in [3.05, 3.63) is 121 Å². The molecule has 2 aromatic heterocycles. The van der Waals surface area contributed by atoms with Crippen molar-refractivity contribution >= 4 is 54.6 Å². The standard InChI is InChI=1S/C34H20O2/c1-2-8-25-21(7-1)19-20-29-32-24(10-6-14-31(32)36-34(25)29)22-15-17-23(18-16-22)26-11-5-12-28-27-9-3-4-13-30(27)35-33(26)28/h1-20H. The summed E-state index contributed by atoms with van der Waals surface area (Å²) in [5.74, 6) is 0. The first-order chi connectivity index (χ1) is 17.8. The molecule has 0 saturated heterocycles. The van der Waals surface area contributed by atoms with Crippen molar-refractivity contribution in [1.82, 2.24) is 0 Å². The second kappa shape index (κ2) is 7.34. The molecular weight excluding hydrogens is 440 g/mol. The molecule has 0 bridgehead atoms. The second-order valence-electron chi connectivity index (χ2n) is 9.30. The first kappa shape index (κ1) is 19.5. The Balaban J connectivity index is 1.30. The number of furan rings is 2. The fraction of sp³-hybridized carbons (Fsp3) is 0. The minimum Gasteiger partial charge on any atom is -0.455 e. The van der Waals surface area contributed by atoms with Crippen molar-refractivity contribution in [1.29, 1.82) is 0 Å². The van der Waals surface area contributed by atoms with Crippen LogP contribution in [0.5, 0.6) is 0 Å². The summed E-state index contributed by atoms with van der Waals surface area (Å²) in [4.78, 5) is 0. The van der Waals surface area contributed by atoms with Crippen LogP contribution < -0.4 is 0 Å². The van der Waals surface area contributed by atoms with Crippen LogP contribution in [0.1, 0.15) is 0 Å². The lowest BCUT2D eigenvalue weighted by atomic mass is 9.96. The Labute approximate surface area is 207 Å². The quantitative estimate of drug-likeness (QED) is 0.256. The van der Waals surface area contributed by atoms with Gasteiger partial charge in [0.2, 0.25) is 0 Å². The van der Waals surface area contributed by atoms with Gasteiger partial charge in [-0.05, 0) is 40.3 Å². The van der Waals surface area contributed by atoms with Gasteiger partial charge in [-0.3, -0.25) is 0 Å². The third-order valence-electron chi connectivity index (χ3n) is 7.30. The molecule has 2 heteroatoms. The van der Waals surface area contributed by atoms with Crippen molar-refractivity contribution < 1.29 is 8.83 Å². The van der Waals surface area contributed by atoms with E-state index in [4.69, 9.17) is 8.83 Å². The fourth-order valence-corrected chi connectivity index (χ4v) is 5.60. The molecule has 0 aliphatic heterocycles. The largest absolute Gasteiger partial charge is 0.455 e. The Morgan fingerprint density at radius 2 is 1.00 bits per heavy atom. The van der Waals surface area contributed by atoms with E-state index in [0.29, 0.717) is 0 Å². The number of fused-ring (bicyclic) bond motifs is 8. The number of benzene rings is 6. The van der Waals surface area contributed by atoms with Gasteiger partial charge in [0.15, 0.2) is 0 Å². The van der Waals surface area contributed by atoms with Crippen molar-refractivity contribution in [2.24, 2.45) is 0 Å². The molecule has 0 fully saturated rings. The van der Waals surface area contributed by atoms with E-state index in [1.165, 1.54) is 10.9 Å². The number of hydrogen-bond acceptors (Lipinski definition) is 2. The van der Waals surface area contributed by atoms with Crippen LogP contribution in [-0.2, 0) is 0 Å². The van der Waals surface area contributed by atoms with E-state index in [1.807, 2.05) is 12.1 Å². The number of para-hydroxylation sites is 2. The molecule has 168 valence electrons. The van der Waals surface area contributed by atoms with Gasteiger partial charge >= 0.3 is 0 Å². The highest BCUT2D eigenvalue weighted by molar-refractivity contribution is 6.19. The topological polar surface area (TPSA) is 26.3 Å². The van der Waals surface area contributed by atoms with Gasteiger partial charge in [-0.2, -0.15) is 0 Å². The lowest BCUT2D eigenvalue weighted by Crippen LogP contribution is -1.82. The van der Waals surface area contributed by atoms with Crippen LogP contribution in [0, 0.1) is 0 Å². The van der Waals surface area contributed by atoms with Crippen LogP contribution in [-0.4, -0.2) is 0 Å². The minimum absolute atomic E-state index is 0.912. The fourth-order valence-electron chi connectivity index (χ4n) is 5.60. The van der Waals surface area contributed by atoms with Gasteiger partial charge in [-0.15, -0.1) is 0 Å². The molecule has 0 aliphatic rings. The Morgan fingerprint density at radius 1 is 0.361 bits per heavy atom. The highest BCUT2D eigenvalue weighted by Crippen LogP contribution is 2.40. The summed E-state index contributed by atoms with van der Waals surface area (Å²) in [6.07, 6.45) is 0. The Kier molecular flexibility index (Phi) is 3.97. The van der Waals surface area contributed by atoms with Gasteiger partial charge in [0.1, 0.15) is 22.3 Å². The molecule has 2 nitrogen and oxygen atoms in total. The summed E-state index contributed by atoms with van der Waals surface area (Å²) in [6, 6.07) is 42.4. The van der Waals surface area contributed by atoms with Gasteiger partial charge in [0, 0.05) is 32.5 Å². The van der Waals surface area contributed by atoms with Crippen LogP contribution in [0.15, 0.2) is 130 Å². The highest BCUT2D eigenvalue weighted by atomic mass is 16.3. The Morgan fingerprint density at radius 3 is 1.89 bits per heavy atom. The lowest BCUT2D eigenvalue weighted by Gasteiger charge is -2.07. The molecule has 0 aliphatic carbocycles. The molecular formula is C34H20O2. The summed E-state index contributed by atoms with van der Waals surface area (Å²) in [5, 5.41) is 6.94. The molecule has 0 amide bonds. The molecule has 0 saturated carbocycles. The van der Waals surface area contributed by atoms with Crippen molar-refractivity contribution in [3.8, 4) is 22.3 Å². The maximum atomic E-state index is 6.39. The summed E-state index contributed by atoms with van der Waals surface area (Å²) < 4.78 is 12.7. The van der Waals surface area contributed by atoms with E-state index < -0.39 is 0 Å². The van der Waals surface area contributed by atoms with E-state index in [0.717, 1.165) is 66.0 Å². The summed E-state index contributed by atoms with van der Waals surface area (Å²) in [5.41, 5.74) is 8.29. The lowest BCUT2D eigenvalue weighted by molar-refractivity contribution is 0.670. The molecule has 8 rings (SSSR count). The summed E-state index contributed by atoms with van der Waals surface area (Å²) in [7, 11) is 0. The van der Waals surface area contributed by atoms with Gasteiger partial charge in [-0.25, -0.2) is 0 Å². The molecule has 0 atom stereocenters. The van der Waals surface area contributed by atoms with Crippen LogP contribution >= 0.6 is 0 Å². The monoisotopic (exact) mass is 460 g/mol. The van der Waals surface area contributed by atoms with Crippen molar-refractivity contribution in [3.63, 3.8) is 0 Å². The van der Waals surface area contributed by atoms with Crippen LogP contribution in [0.3, 0.4) is 0 Å². The zero-order valence-electron chi connectivity index (χ0n) is 19.4. The van der Waals surface area contributed by atoms with E-state index in [-0.39, 0.29) is 0 Å². The average molecular weight is 461 g/mol. The number of hydrogen-bond donors (Lipinski definition) is 0. The van der Waals surface area contributed by atoms with Crippen LogP contribution in [0.25, 0.3) is 76.9 Å². The molecule has 0 spiro atoms. The smallest absolute Gasteiger partial charge is 0.143 e. The minimum atomic E-state index is 0.912. The molecule has 0 radical (unpaired) electrons. The third kappa shape index (κ3) is 2.73. The molecule has 6 aromatic carbocycles. The SMILES string of the molecule is c1ccc2c(c1)ccc1c2oc2cccc(-c3ccc(-c4cccc5c4oc4ccccc45)cc3)c21. The second-order valence-corrected chi connectivity index (χ2v) is 9.30. The molecule has 2 heterocycles. The third-order valence-corrected chi connectivity index (χ3v) is 7.30. The van der Waals surface area contributed by atoms with E-state index in [9.17, 15) is 0 Å². The molecule has 36 heavy (non-hydrogen) atoms. The molecule has 0 unspecified atom stereocenters. The molecule has 8 aromatic rings. The van der Waals surface area contributed by atoms with Crippen LogP contribution in [0.2, 0.25) is 0 Å². The van der Waals surface area contributed by atoms with E-state index in [1.54, 1.807) is 0 Å². The maximum Gasteiger partial charge on any atom is 0.143 e. The maximum absolute atomic E-state index is 6.39. The van der Waals surface area contributed by atoms with E-state index >= 15 is 0 Å².